The van der Waals surface area contributed by atoms with Gasteiger partial charge in [-0.15, -0.1) is 11.3 Å². The first-order valence-electron chi connectivity index (χ1n) is 6.63. The van der Waals surface area contributed by atoms with E-state index in [-0.39, 0.29) is 0 Å². The van der Waals surface area contributed by atoms with Crippen LogP contribution in [0.15, 0.2) is 14.7 Å². The second-order valence-corrected chi connectivity index (χ2v) is 9.91. The predicted octanol–water partition coefficient (Wildman–Crippen LogP) is 4.02. The van der Waals surface area contributed by atoms with Gasteiger partial charge in [-0.25, -0.2) is 12.7 Å². The van der Waals surface area contributed by atoms with Gasteiger partial charge in [0.2, 0.25) is 10.0 Å². The number of halogens is 1. The minimum Gasteiger partial charge on any atom is -0.207 e. The molecule has 1 aromatic heterocycles. The number of hydrogen-bond donors (Lipinski definition) is 0. The van der Waals surface area contributed by atoms with Crippen molar-refractivity contribution in [2.45, 2.75) is 43.9 Å². The molecule has 3 nitrogen and oxygen atoms in total. The first-order valence-corrected chi connectivity index (χ1v) is 9.68. The molecule has 108 valence electrons. The summed E-state index contributed by atoms with van der Waals surface area (Å²) in [5, 5.41) is 0. The van der Waals surface area contributed by atoms with Crippen molar-refractivity contribution in [1.29, 1.82) is 0 Å². The van der Waals surface area contributed by atoms with Crippen LogP contribution in [-0.4, -0.2) is 26.3 Å². The fourth-order valence-electron chi connectivity index (χ4n) is 2.69. The fourth-order valence-corrected chi connectivity index (χ4v) is 6.31. The van der Waals surface area contributed by atoms with Gasteiger partial charge in [0.15, 0.2) is 0 Å². The molecule has 0 saturated heterocycles. The van der Waals surface area contributed by atoms with E-state index < -0.39 is 10.0 Å². The van der Waals surface area contributed by atoms with Crippen LogP contribution in [0.2, 0.25) is 0 Å². The van der Waals surface area contributed by atoms with Crippen molar-refractivity contribution in [2.75, 3.05) is 13.6 Å². The van der Waals surface area contributed by atoms with Crippen LogP contribution >= 0.6 is 27.3 Å². The summed E-state index contributed by atoms with van der Waals surface area (Å²) < 4.78 is 27.5. The number of aryl methyl sites for hydroxylation is 1. The van der Waals surface area contributed by atoms with Crippen LogP contribution in [0.3, 0.4) is 0 Å². The van der Waals surface area contributed by atoms with Crippen LogP contribution in [0.25, 0.3) is 0 Å². The highest BCUT2D eigenvalue weighted by Gasteiger charge is 2.27. The van der Waals surface area contributed by atoms with Gasteiger partial charge in [-0.1, -0.05) is 19.3 Å². The van der Waals surface area contributed by atoms with E-state index >= 15 is 0 Å². The average Bonchev–Trinajstić information content (AvgIpc) is 2.70. The largest absolute Gasteiger partial charge is 0.243 e. The third-order valence-corrected chi connectivity index (χ3v) is 7.40. The Morgan fingerprint density at radius 3 is 2.53 bits per heavy atom. The quantitative estimate of drug-likeness (QED) is 0.807. The molecule has 1 aliphatic rings. The van der Waals surface area contributed by atoms with Crippen LogP contribution in [0.4, 0.5) is 0 Å². The Hall–Kier alpha value is 0.0900. The van der Waals surface area contributed by atoms with E-state index in [1.165, 1.54) is 34.9 Å². The Balaban J connectivity index is 2.12. The van der Waals surface area contributed by atoms with E-state index in [0.717, 1.165) is 21.5 Å². The molecule has 1 fully saturated rings. The van der Waals surface area contributed by atoms with Gasteiger partial charge in [-0.2, -0.15) is 0 Å². The Morgan fingerprint density at radius 1 is 1.37 bits per heavy atom. The third kappa shape index (κ3) is 3.60. The maximum atomic E-state index is 12.6. The van der Waals surface area contributed by atoms with E-state index in [1.54, 1.807) is 13.1 Å². The monoisotopic (exact) mass is 365 g/mol. The molecular weight excluding hydrogens is 346 g/mol. The Bertz CT molecular complexity index is 533. The SMILES string of the molecule is Cc1sc(Br)cc1S(=O)(=O)N(C)CC1CCCCC1. The number of hydrogen-bond acceptors (Lipinski definition) is 3. The first-order chi connectivity index (χ1) is 8.91. The van der Waals surface area contributed by atoms with E-state index in [0.29, 0.717) is 17.4 Å². The second kappa shape index (κ2) is 6.24. The topological polar surface area (TPSA) is 37.4 Å². The molecule has 0 atom stereocenters. The van der Waals surface area contributed by atoms with Crippen molar-refractivity contribution < 1.29 is 8.42 Å². The zero-order valence-corrected chi connectivity index (χ0v) is 14.6. The summed E-state index contributed by atoms with van der Waals surface area (Å²) in [6.45, 7) is 2.51. The van der Waals surface area contributed by atoms with Crippen LogP contribution in [0, 0.1) is 12.8 Å². The zero-order valence-electron chi connectivity index (χ0n) is 11.4. The fraction of sp³-hybridized carbons (Fsp3) is 0.692. The molecule has 1 aromatic rings. The molecule has 19 heavy (non-hydrogen) atoms. The molecule has 1 heterocycles. The van der Waals surface area contributed by atoms with Gasteiger partial charge in [0.05, 0.1) is 8.68 Å². The summed E-state index contributed by atoms with van der Waals surface area (Å²) >= 11 is 4.83. The molecule has 1 aliphatic carbocycles. The number of nitrogens with zero attached hydrogens (tertiary/aromatic N) is 1. The van der Waals surface area contributed by atoms with Crippen LogP contribution < -0.4 is 0 Å². The van der Waals surface area contributed by atoms with Crippen molar-refractivity contribution in [3.8, 4) is 0 Å². The maximum absolute atomic E-state index is 12.6. The lowest BCUT2D eigenvalue weighted by Gasteiger charge is -2.26. The number of thiophene rings is 1. The highest BCUT2D eigenvalue weighted by atomic mass is 79.9. The summed E-state index contributed by atoms with van der Waals surface area (Å²) in [7, 11) is -1.63. The molecule has 0 aliphatic heterocycles. The van der Waals surface area contributed by atoms with Crippen molar-refractivity contribution in [1.82, 2.24) is 4.31 Å². The van der Waals surface area contributed by atoms with Gasteiger partial charge >= 0.3 is 0 Å². The standard InChI is InChI=1S/C13H20BrNO2S2/c1-10-12(8-13(14)18-10)19(16,17)15(2)9-11-6-4-3-5-7-11/h8,11H,3-7,9H2,1-2H3. The van der Waals surface area contributed by atoms with Gasteiger partial charge in [-0.3, -0.25) is 0 Å². The van der Waals surface area contributed by atoms with Crippen molar-refractivity contribution in [3.63, 3.8) is 0 Å². The van der Waals surface area contributed by atoms with Crippen LogP contribution in [0.5, 0.6) is 0 Å². The minimum absolute atomic E-state index is 0.447. The predicted molar refractivity (Wildman–Crippen MR) is 83.1 cm³/mol. The Labute approximate surface area is 128 Å². The van der Waals surface area contributed by atoms with Crippen LogP contribution in [0.1, 0.15) is 37.0 Å². The Kier molecular flexibility index (Phi) is 5.09. The van der Waals surface area contributed by atoms with Gasteiger partial charge < -0.3 is 0 Å². The average molecular weight is 366 g/mol. The van der Waals surface area contributed by atoms with Crippen LogP contribution in [-0.2, 0) is 10.0 Å². The van der Waals surface area contributed by atoms with E-state index in [2.05, 4.69) is 15.9 Å². The summed E-state index contributed by atoms with van der Waals surface area (Å²) in [6, 6.07) is 1.71. The molecule has 6 heteroatoms. The summed E-state index contributed by atoms with van der Waals surface area (Å²) in [5.41, 5.74) is 0. The van der Waals surface area contributed by atoms with Gasteiger partial charge in [0.1, 0.15) is 0 Å². The normalized spacial score (nSPS) is 18.1. The van der Waals surface area contributed by atoms with E-state index in [4.69, 9.17) is 0 Å². The molecule has 0 aromatic carbocycles. The molecule has 0 unspecified atom stereocenters. The molecule has 0 amide bonds. The molecule has 1 saturated carbocycles. The maximum Gasteiger partial charge on any atom is 0.243 e. The van der Waals surface area contributed by atoms with E-state index in [1.807, 2.05) is 6.92 Å². The van der Waals surface area contributed by atoms with Gasteiger partial charge in [0.25, 0.3) is 0 Å². The summed E-state index contributed by atoms with van der Waals surface area (Å²) in [5.74, 6) is 0.524. The Morgan fingerprint density at radius 2 is 2.00 bits per heavy atom. The number of sulfonamides is 1. The number of rotatable bonds is 4. The van der Waals surface area contributed by atoms with Gasteiger partial charge in [0, 0.05) is 18.5 Å². The highest BCUT2D eigenvalue weighted by molar-refractivity contribution is 9.11. The third-order valence-electron chi connectivity index (χ3n) is 3.77. The first kappa shape index (κ1) is 15.5. The zero-order chi connectivity index (χ0) is 14.0. The molecule has 0 spiro atoms. The molecule has 2 rings (SSSR count). The lowest BCUT2D eigenvalue weighted by atomic mass is 9.89. The molecular formula is C13H20BrNO2S2. The summed E-state index contributed by atoms with van der Waals surface area (Å²) in [4.78, 5) is 1.30. The molecule has 0 bridgehead atoms. The minimum atomic E-state index is -3.33. The lowest BCUT2D eigenvalue weighted by molar-refractivity contribution is 0.300. The lowest BCUT2D eigenvalue weighted by Crippen LogP contribution is -2.32. The van der Waals surface area contributed by atoms with Crippen molar-refractivity contribution in [3.05, 3.63) is 14.7 Å². The van der Waals surface area contributed by atoms with E-state index in [9.17, 15) is 8.42 Å². The smallest absolute Gasteiger partial charge is 0.207 e. The highest BCUT2D eigenvalue weighted by Crippen LogP contribution is 2.32. The van der Waals surface area contributed by atoms with Gasteiger partial charge in [-0.05, 0) is 47.7 Å². The molecule has 0 N–H and O–H groups in total. The van der Waals surface area contributed by atoms with Crippen molar-refractivity contribution >= 4 is 37.3 Å². The second-order valence-electron chi connectivity index (χ2n) is 5.26. The molecule has 0 radical (unpaired) electrons. The summed E-state index contributed by atoms with van der Waals surface area (Å²) in [6.07, 6.45) is 6.09. The van der Waals surface area contributed by atoms with Crippen molar-refractivity contribution in [2.24, 2.45) is 5.92 Å².